The molecular formula is C8H6BrN3S2. The number of nitrogens with zero attached hydrogens (tertiary/aromatic N) is 3. The number of hydrogen-bond acceptors (Lipinski definition) is 5. The molecule has 0 N–H and O–H groups in total. The van der Waals surface area contributed by atoms with Crippen molar-refractivity contribution in [2.45, 2.75) is 16.3 Å². The highest BCUT2D eigenvalue weighted by atomic mass is 79.9. The molecule has 0 aliphatic rings. The molecule has 14 heavy (non-hydrogen) atoms. The molecule has 0 bridgehead atoms. The van der Waals surface area contributed by atoms with E-state index in [-0.39, 0.29) is 0 Å². The van der Waals surface area contributed by atoms with Gasteiger partial charge in [0.05, 0.1) is 4.47 Å². The standard InChI is InChI=1S/C8H6BrN3S2/c1-5-2-6(9)7(10-3-5)13-8-11-4-12-14-8/h2-4H,1H3. The predicted molar refractivity (Wildman–Crippen MR) is 60.7 cm³/mol. The Bertz CT molecular complexity index is 430. The van der Waals surface area contributed by atoms with Crippen molar-refractivity contribution >= 4 is 39.2 Å². The quantitative estimate of drug-likeness (QED) is 0.851. The summed E-state index contributed by atoms with van der Waals surface area (Å²) in [7, 11) is 0. The molecule has 0 saturated heterocycles. The van der Waals surface area contributed by atoms with Crippen LogP contribution in [0.1, 0.15) is 5.56 Å². The van der Waals surface area contributed by atoms with Crippen LogP contribution in [-0.4, -0.2) is 14.3 Å². The van der Waals surface area contributed by atoms with E-state index in [1.165, 1.54) is 23.3 Å². The van der Waals surface area contributed by atoms with Crippen molar-refractivity contribution in [3.8, 4) is 0 Å². The number of halogens is 1. The Morgan fingerprint density at radius 2 is 2.29 bits per heavy atom. The molecule has 6 heteroatoms. The molecule has 0 fully saturated rings. The third-order valence-electron chi connectivity index (χ3n) is 1.47. The summed E-state index contributed by atoms with van der Waals surface area (Å²) in [4.78, 5) is 8.39. The number of hydrogen-bond donors (Lipinski definition) is 0. The van der Waals surface area contributed by atoms with E-state index in [1.807, 2.05) is 19.2 Å². The van der Waals surface area contributed by atoms with Gasteiger partial charge in [0.2, 0.25) is 0 Å². The minimum atomic E-state index is 0.905. The Balaban J connectivity index is 2.25. The molecule has 2 rings (SSSR count). The monoisotopic (exact) mass is 287 g/mol. The summed E-state index contributed by atoms with van der Waals surface area (Å²) in [6.07, 6.45) is 3.39. The maximum absolute atomic E-state index is 4.31. The number of aromatic nitrogens is 3. The Kier molecular flexibility index (Phi) is 3.15. The topological polar surface area (TPSA) is 38.7 Å². The molecule has 2 aromatic rings. The summed E-state index contributed by atoms with van der Waals surface area (Å²) in [6.45, 7) is 2.01. The van der Waals surface area contributed by atoms with E-state index in [0.717, 1.165) is 19.4 Å². The minimum absolute atomic E-state index is 0.905. The molecule has 0 unspecified atom stereocenters. The molecule has 0 aromatic carbocycles. The minimum Gasteiger partial charge on any atom is -0.248 e. The molecule has 0 radical (unpaired) electrons. The van der Waals surface area contributed by atoms with Crippen LogP contribution in [0.2, 0.25) is 0 Å². The first kappa shape index (κ1) is 10.1. The van der Waals surface area contributed by atoms with Crippen LogP contribution in [-0.2, 0) is 0 Å². The molecule has 0 atom stereocenters. The molecule has 0 saturated carbocycles. The number of rotatable bonds is 2. The van der Waals surface area contributed by atoms with Gasteiger partial charge in [0.1, 0.15) is 11.4 Å². The molecule has 72 valence electrons. The van der Waals surface area contributed by atoms with Gasteiger partial charge in [-0.05, 0) is 57.8 Å². The molecule has 0 aliphatic carbocycles. The van der Waals surface area contributed by atoms with Gasteiger partial charge in [0.25, 0.3) is 0 Å². The van der Waals surface area contributed by atoms with Crippen molar-refractivity contribution in [1.29, 1.82) is 0 Å². The fraction of sp³-hybridized carbons (Fsp3) is 0.125. The van der Waals surface area contributed by atoms with Gasteiger partial charge in [-0.2, -0.15) is 4.37 Å². The summed E-state index contributed by atoms with van der Waals surface area (Å²) in [5.41, 5.74) is 1.14. The lowest BCUT2D eigenvalue weighted by atomic mass is 10.3. The van der Waals surface area contributed by atoms with Crippen molar-refractivity contribution in [2.75, 3.05) is 0 Å². The van der Waals surface area contributed by atoms with Crippen LogP contribution >= 0.6 is 39.2 Å². The largest absolute Gasteiger partial charge is 0.248 e. The van der Waals surface area contributed by atoms with Gasteiger partial charge in [-0.25, -0.2) is 9.97 Å². The van der Waals surface area contributed by atoms with E-state index in [9.17, 15) is 0 Å². The Hall–Kier alpha value is -0.460. The van der Waals surface area contributed by atoms with Crippen LogP contribution in [0.25, 0.3) is 0 Å². The third kappa shape index (κ3) is 2.31. The Morgan fingerprint density at radius 1 is 1.43 bits per heavy atom. The number of aryl methyl sites for hydroxylation is 1. The molecule has 2 aromatic heterocycles. The smallest absolute Gasteiger partial charge is 0.176 e. The van der Waals surface area contributed by atoms with E-state index in [0.29, 0.717) is 0 Å². The third-order valence-corrected chi connectivity index (χ3v) is 4.07. The summed E-state index contributed by atoms with van der Waals surface area (Å²) < 4.78 is 5.83. The van der Waals surface area contributed by atoms with Crippen LogP contribution in [0.5, 0.6) is 0 Å². The van der Waals surface area contributed by atoms with E-state index in [4.69, 9.17) is 0 Å². The average molecular weight is 288 g/mol. The van der Waals surface area contributed by atoms with E-state index >= 15 is 0 Å². The first-order valence-corrected chi connectivity index (χ1v) is 6.20. The highest BCUT2D eigenvalue weighted by molar-refractivity contribution is 9.10. The first-order valence-electron chi connectivity index (χ1n) is 3.82. The predicted octanol–water partition coefficient (Wildman–Crippen LogP) is 3.16. The molecular weight excluding hydrogens is 282 g/mol. The van der Waals surface area contributed by atoms with Crippen molar-refractivity contribution < 1.29 is 0 Å². The Labute approximate surface area is 98.3 Å². The lowest BCUT2D eigenvalue weighted by Crippen LogP contribution is -1.83. The molecule has 0 amide bonds. The second-order valence-electron chi connectivity index (χ2n) is 2.61. The van der Waals surface area contributed by atoms with Crippen molar-refractivity contribution in [3.63, 3.8) is 0 Å². The lowest BCUT2D eigenvalue weighted by molar-refractivity contribution is 1.08. The van der Waals surface area contributed by atoms with Gasteiger partial charge < -0.3 is 0 Å². The normalized spacial score (nSPS) is 10.4. The van der Waals surface area contributed by atoms with Crippen LogP contribution in [0, 0.1) is 6.92 Å². The molecule has 2 heterocycles. The van der Waals surface area contributed by atoms with Gasteiger partial charge in [-0.1, -0.05) is 0 Å². The lowest BCUT2D eigenvalue weighted by Gasteiger charge is -2.00. The van der Waals surface area contributed by atoms with E-state index < -0.39 is 0 Å². The average Bonchev–Trinajstić information content (AvgIpc) is 2.62. The highest BCUT2D eigenvalue weighted by Gasteiger charge is 2.06. The fourth-order valence-electron chi connectivity index (χ4n) is 0.887. The summed E-state index contributed by atoms with van der Waals surface area (Å²) in [5, 5.41) is 0.923. The van der Waals surface area contributed by atoms with E-state index in [1.54, 1.807) is 6.33 Å². The number of pyridine rings is 1. The van der Waals surface area contributed by atoms with Gasteiger partial charge in [0, 0.05) is 6.20 Å². The van der Waals surface area contributed by atoms with Crippen LogP contribution in [0.15, 0.2) is 32.4 Å². The zero-order valence-corrected chi connectivity index (χ0v) is 10.5. The van der Waals surface area contributed by atoms with Gasteiger partial charge in [0.15, 0.2) is 4.34 Å². The van der Waals surface area contributed by atoms with Crippen molar-refractivity contribution in [1.82, 2.24) is 14.3 Å². The zero-order valence-electron chi connectivity index (χ0n) is 7.27. The molecule has 0 aliphatic heterocycles. The van der Waals surface area contributed by atoms with Gasteiger partial charge in [-0.3, -0.25) is 0 Å². The summed E-state index contributed by atoms with van der Waals surface area (Å²) >= 11 is 6.35. The fourth-order valence-corrected chi connectivity index (χ4v) is 2.91. The summed E-state index contributed by atoms with van der Waals surface area (Å²) in [6, 6.07) is 2.04. The molecule has 3 nitrogen and oxygen atoms in total. The first-order chi connectivity index (χ1) is 6.75. The second-order valence-corrected chi connectivity index (χ2v) is 5.48. The summed E-state index contributed by atoms with van der Waals surface area (Å²) in [5.74, 6) is 0. The van der Waals surface area contributed by atoms with Crippen molar-refractivity contribution in [3.05, 3.63) is 28.6 Å². The SMILES string of the molecule is Cc1cnc(Sc2ncns2)c(Br)c1. The zero-order chi connectivity index (χ0) is 9.97. The van der Waals surface area contributed by atoms with Gasteiger partial charge in [-0.15, -0.1) is 0 Å². The highest BCUT2D eigenvalue weighted by Crippen LogP contribution is 2.32. The van der Waals surface area contributed by atoms with Crippen LogP contribution in [0.4, 0.5) is 0 Å². The maximum Gasteiger partial charge on any atom is 0.176 e. The van der Waals surface area contributed by atoms with Crippen LogP contribution in [0.3, 0.4) is 0 Å². The van der Waals surface area contributed by atoms with E-state index in [2.05, 4.69) is 30.3 Å². The van der Waals surface area contributed by atoms with Gasteiger partial charge >= 0.3 is 0 Å². The second kappa shape index (κ2) is 4.37. The van der Waals surface area contributed by atoms with Crippen molar-refractivity contribution in [2.24, 2.45) is 0 Å². The Morgan fingerprint density at radius 3 is 2.93 bits per heavy atom. The molecule has 0 spiro atoms. The maximum atomic E-state index is 4.31. The van der Waals surface area contributed by atoms with Crippen LogP contribution < -0.4 is 0 Å².